The number of H-pyrrole nitrogens is 1. The quantitative estimate of drug-likeness (QED) is 0.701. The molecule has 0 spiro atoms. The molecule has 0 unspecified atom stereocenters. The maximum Gasteiger partial charge on any atom is 0.329 e. The summed E-state index contributed by atoms with van der Waals surface area (Å²) in [5.74, 6) is 0.949. The average molecular weight is 356 g/mol. The lowest BCUT2D eigenvalue weighted by Gasteiger charge is -2.17. The predicted octanol–water partition coefficient (Wildman–Crippen LogP) is 1.68. The molecule has 136 valence electrons. The van der Waals surface area contributed by atoms with Crippen molar-refractivity contribution >= 4 is 10.9 Å². The van der Waals surface area contributed by atoms with Crippen LogP contribution in [0.3, 0.4) is 0 Å². The van der Waals surface area contributed by atoms with E-state index >= 15 is 0 Å². The van der Waals surface area contributed by atoms with Gasteiger partial charge in [0, 0.05) is 0 Å². The van der Waals surface area contributed by atoms with Gasteiger partial charge in [0.2, 0.25) is 0 Å². The second-order valence-electron chi connectivity index (χ2n) is 5.81. The lowest BCUT2D eigenvalue weighted by molar-refractivity contribution is 0.196. The highest BCUT2D eigenvalue weighted by Crippen LogP contribution is 2.30. The van der Waals surface area contributed by atoms with E-state index in [2.05, 4.69) is 4.98 Å². The molecule has 0 aliphatic carbocycles. The van der Waals surface area contributed by atoms with Gasteiger partial charge in [-0.3, -0.25) is 9.36 Å². The fraction of sp³-hybridized carbons (Fsp3) is 0.263. The molecule has 1 heterocycles. The first-order chi connectivity index (χ1) is 12.6. The Bertz CT molecular complexity index is 1040. The number of hydrogen-bond donors (Lipinski definition) is 2. The Hall–Kier alpha value is -3.06. The van der Waals surface area contributed by atoms with Gasteiger partial charge in [-0.1, -0.05) is 18.2 Å². The summed E-state index contributed by atoms with van der Waals surface area (Å²) in [7, 11) is 1.50. The maximum atomic E-state index is 12.8. The second-order valence-corrected chi connectivity index (χ2v) is 5.81. The van der Waals surface area contributed by atoms with Crippen LogP contribution in [0.15, 0.2) is 52.1 Å². The Kier molecular flexibility index (Phi) is 5.09. The number of ether oxygens (including phenoxy) is 2. The first-order valence-corrected chi connectivity index (χ1v) is 8.22. The molecule has 0 amide bonds. The van der Waals surface area contributed by atoms with Gasteiger partial charge in [0.05, 0.1) is 30.7 Å². The molecular weight excluding hydrogens is 336 g/mol. The van der Waals surface area contributed by atoms with Crippen molar-refractivity contribution in [1.29, 1.82) is 0 Å². The van der Waals surface area contributed by atoms with Gasteiger partial charge < -0.3 is 19.6 Å². The Labute approximate surface area is 149 Å². The van der Waals surface area contributed by atoms with Gasteiger partial charge in [0.15, 0.2) is 11.5 Å². The molecule has 0 bridgehead atoms. The van der Waals surface area contributed by atoms with Crippen molar-refractivity contribution in [1.82, 2.24) is 9.55 Å². The van der Waals surface area contributed by atoms with Crippen LogP contribution in [0.4, 0.5) is 0 Å². The predicted molar refractivity (Wildman–Crippen MR) is 98.2 cm³/mol. The van der Waals surface area contributed by atoms with E-state index in [0.717, 1.165) is 5.56 Å². The molecule has 1 aromatic heterocycles. The lowest BCUT2D eigenvalue weighted by Crippen LogP contribution is -2.37. The first-order valence-electron chi connectivity index (χ1n) is 8.22. The number of benzene rings is 2. The third-order valence-corrected chi connectivity index (χ3v) is 4.24. The van der Waals surface area contributed by atoms with E-state index in [1.807, 2.05) is 0 Å². The monoisotopic (exact) mass is 356 g/mol. The number of aromatic nitrogens is 2. The van der Waals surface area contributed by atoms with Crippen LogP contribution >= 0.6 is 0 Å². The number of aromatic amines is 1. The summed E-state index contributed by atoms with van der Waals surface area (Å²) < 4.78 is 11.9. The van der Waals surface area contributed by atoms with Crippen molar-refractivity contribution in [2.24, 2.45) is 0 Å². The van der Waals surface area contributed by atoms with Crippen LogP contribution in [0.2, 0.25) is 0 Å². The molecule has 1 atom stereocenters. The highest BCUT2D eigenvalue weighted by Gasteiger charge is 2.17. The average Bonchev–Trinajstić information content (AvgIpc) is 2.66. The molecule has 0 aliphatic rings. The molecular formula is C19H20N2O5. The summed E-state index contributed by atoms with van der Waals surface area (Å²) >= 11 is 0. The molecule has 0 radical (unpaired) electrons. The van der Waals surface area contributed by atoms with Crippen molar-refractivity contribution in [3.05, 3.63) is 68.9 Å². The molecule has 0 fully saturated rings. The Morgan fingerprint density at radius 2 is 1.92 bits per heavy atom. The number of nitrogens with one attached hydrogen (secondary N) is 1. The standard InChI is InChI=1S/C19H20N2O5/c1-12(13-7-8-16(26-10-9-22)17(11-13)25-2)21-18(23)14-5-3-4-6-15(14)20-19(21)24/h3-8,11-12,22H,9-10H2,1-2H3,(H,20,24)/t12-/m1/s1. The number of fused-ring (bicyclic) bond motifs is 1. The number of rotatable bonds is 6. The highest BCUT2D eigenvalue weighted by molar-refractivity contribution is 5.76. The van der Waals surface area contributed by atoms with Crippen LogP contribution in [-0.2, 0) is 0 Å². The summed E-state index contributed by atoms with van der Waals surface area (Å²) in [6, 6.07) is 11.6. The van der Waals surface area contributed by atoms with Crippen molar-refractivity contribution in [2.75, 3.05) is 20.3 Å². The smallest absolute Gasteiger partial charge is 0.329 e. The number of para-hydroxylation sites is 1. The molecule has 0 saturated carbocycles. The SMILES string of the molecule is COc1cc([C@@H](C)n2c(=O)[nH]c3ccccc3c2=O)ccc1OCCO. The molecule has 0 saturated heterocycles. The van der Waals surface area contributed by atoms with Gasteiger partial charge in [0.1, 0.15) is 6.61 Å². The highest BCUT2D eigenvalue weighted by atomic mass is 16.5. The maximum absolute atomic E-state index is 12.8. The minimum Gasteiger partial charge on any atom is -0.493 e. The normalized spacial score (nSPS) is 12.1. The fourth-order valence-corrected chi connectivity index (χ4v) is 2.90. The van der Waals surface area contributed by atoms with Crippen molar-refractivity contribution in [3.63, 3.8) is 0 Å². The molecule has 3 rings (SSSR count). The van der Waals surface area contributed by atoms with Crippen molar-refractivity contribution in [2.45, 2.75) is 13.0 Å². The van der Waals surface area contributed by atoms with Gasteiger partial charge in [-0.05, 0) is 36.8 Å². The molecule has 2 N–H and O–H groups in total. The minimum absolute atomic E-state index is 0.108. The van der Waals surface area contributed by atoms with E-state index in [9.17, 15) is 9.59 Å². The fourth-order valence-electron chi connectivity index (χ4n) is 2.90. The number of aliphatic hydroxyl groups is 1. The molecule has 3 aromatic rings. The first kappa shape index (κ1) is 17.8. The summed E-state index contributed by atoms with van der Waals surface area (Å²) in [6.45, 7) is 1.81. The summed E-state index contributed by atoms with van der Waals surface area (Å²) in [5, 5.41) is 9.34. The number of aliphatic hydroxyl groups excluding tert-OH is 1. The van der Waals surface area contributed by atoms with Crippen molar-refractivity contribution in [3.8, 4) is 11.5 Å². The second kappa shape index (κ2) is 7.45. The number of nitrogens with zero attached hydrogens (tertiary/aromatic N) is 1. The van der Waals surface area contributed by atoms with E-state index in [-0.39, 0.29) is 18.8 Å². The summed E-state index contributed by atoms with van der Waals surface area (Å²) in [5.41, 5.74) is 0.412. The van der Waals surface area contributed by atoms with Crippen molar-refractivity contribution < 1.29 is 14.6 Å². The molecule has 7 heteroatoms. The van der Waals surface area contributed by atoms with Gasteiger partial charge in [-0.2, -0.15) is 0 Å². The number of methoxy groups -OCH3 is 1. The van der Waals surface area contributed by atoms with Crippen LogP contribution in [0.25, 0.3) is 10.9 Å². The van der Waals surface area contributed by atoms with Gasteiger partial charge in [0.25, 0.3) is 5.56 Å². The third kappa shape index (κ3) is 3.21. The molecule has 26 heavy (non-hydrogen) atoms. The Morgan fingerprint density at radius 1 is 1.15 bits per heavy atom. The molecule has 7 nitrogen and oxygen atoms in total. The zero-order valence-electron chi connectivity index (χ0n) is 14.6. The van der Waals surface area contributed by atoms with Crippen LogP contribution in [0.1, 0.15) is 18.5 Å². The van der Waals surface area contributed by atoms with E-state index in [1.54, 1.807) is 49.4 Å². The van der Waals surface area contributed by atoms with E-state index in [0.29, 0.717) is 22.4 Å². The topological polar surface area (TPSA) is 93.6 Å². The zero-order valence-corrected chi connectivity index (χ0v) is 14.6. The van der Waals surface area contributed by atoms with Gasteiger partial charge in [-0.15, -0.1) is 0 Å². The van der Waals surface area contributed by atoms with Crippen LogP contribution < -0.4 is 20.7 Å². The largest absolute Gasteiger partial charge is 0.493 e. The zero-order chi connectivity index (χ0) is 18.7. The summed E-state index contributed by atoms with van der Waals surface area (Å²) in [4.78, 5) is 28.0. The van der Waals surface area contributed by atoms with Gasteiger partial charge in [-0.25, -0.2) is 4.79 Å². The Morgan fingerprint density at radius 3 is 2.65 bits per heavy atom. The van der Waals surface area contributed by atoms with E-state index in [4.69, 9.17) is 14.6 Å². The molecule has 2 aromatic carbocycles. The summed E-state index contributed by atoms with van der Waals surface area (Å²) in [6.07, 6.45) is 0. The minimum atomic E-state index is -0.503. The molecule has 0 aliphatic heterocycles. The third-order valence-electron chi connectivity index (χ3n) is 4.24. The van der Waals surface area contributed by atoms with E-state index in [1.165, 1.54) is 11.7 Å². The lowest BCUT2D eigenvalue weighted by atomic mass is 10.1. The van der Waals surface area contributed by atoms with Crippen LogP contribution in [0, 0.1) is 0 Å². The van der Waals surface area contributed by atoms with Crippen LogP contribution in [0.5, 0.6) is 11.5 Å². The van der Waals surface area contributed by atoms with E-state index < -0.39 is 11.7 Å². The number of hydrogen-bond acceptors (Lipinski definition) is 5. The van der Waals surface area contributed by atoms with Crippen LogP contribution in [-0.4, -0.2) is 35.0 Å². The Balaban J connectivity index is 2.07. The van der Waals surface area contributed by atoms with Gasteiger partial charge >= 0.3 is 5.69 Å².